The highest BCUT2D eigenvalue weighted by Crippen LogP contribution is 2.25. The first-order valence-corrected chi connectivity index (χ1v) is 7.99. The second-order valence-corrected chi connectivity index (χ2v) is 5.82. The van der Waals surface area contributed by atoms with Crippen molar-refractivity contribution in [2.24, 2.45) is 0 Å². The van der Waals surface area contributed by atoms with E-state index >= 15 is 0 Å². The third-order valence-corrected chi connectivity index (χ3v) is 4.30. The van der Waals surface area contributed by atoms with Gasteiger partial charge in [0, 0.05) is 11.4 Å². The summed E-state index contributed by atoms with van der Waals surface area (Å²) in [5.41, 5.74) is 2.35. The van der Waals surface area contributed by atoms with Crippen molar-refractivity contribution in [2.45, 2.75) is 30.5 Å². The van der Waals surface area contributed by atoms with E-state index in [1.54, 1.807) is 0 Å². The molecule has 0 amide bonds. The van der Waals surface area contributed by atoms with E-state index in [4.69, 9.17) is 4.98 Å². The Morgan fingerprint density at radius 2 is 1.75 bits per heavy atom. The van der Waals surface area contributed by atoms with Crippen molar-refractivity contribution in [2.75, 3.05) is 0 Å². The molecule has 0 N–H and O–H groups in total. The van der Waals surface area contributed by atoms with E-state index < -0.39 is 0 Å². The molecule has 0 fully saturated rings. The fraction of sp³-hybridized carbons (Fsp3) is 0.235. The van der Waals surface area contributed by atoms with Crippen LogP contribution in [0.1, 0.15) is 19.2 Å². The van der Waals surface area contributed by atoms with Gasteiger partial charge in [-0.3, -0.25) is 0 Å². The Labute approximate surface area is 123 Å². The summed E-state index contributed by atoms with van der Waals surface area (Å²) in [6.45, 7) is 3.24. The third-order valence-electron chi connectivity index (χ3n) is 3.29. The van der Waals surface area contributed by atoms with Gasteiger partial charge in [0.25, 0.3) is 0 Å². The summed E-state index contributed by atoms with van der Waals surface area (Å²) in [5, 5.41) is 0. The molecule has 0 saturated heterocycles. The SMILES string of the molecule is CCCn1c(CSc2ccccc2)nc2ccccc21. The van der Waals surface area contributed by atoms with Crippen LogP contribution in [0.2, 0.25) is 0 Å². The first-order chi connectivity index (χ1) is 9.88. The van der Waals surface area contributed by atoms with Gasteiger partial charge in [-0.15, -0.1) is 11.8 Å². The van der Waals surface area contributed by atoms with Gasteiger partial charge in [0.1, 0.15) is 5.82 Å². The van der Waals surface area contributed by atoms with Gasteiger partial charge in [-0.1, -0.05) is 37.3 Å². The van der Waals surface area contributed by atoms with Crippen LogP contribution < -0.4 is 0 Å². The zero-order valence-corrected chi connectivity index (χ0v) is 12.4. The van der Waals surface area contributed by atoms with Gasteiger partial charge in [-0.25, -0.2) is 4.98 Å². The van der Waals surface area contributed by atoms with E-state index in [9.17, 15) is 0 Å². The topological polar surface area (TPSA) is 17.8 Å². The predicted molar refractivity (Wildman–Crippen MR) is 86.0 cm³/mol. The van der Waals surface area contributed by atoms with Crippen molar-refractivity contribution in [3.05, 3.63) is 60.4 Å². The van der Waals surface area contributed by atoms with Gasteiger partial charge >= 0.3 is 0 Å². The standard InChI is InChI=1S/C17H18N2S/c1-2-12-19-16-11-7-6-10-15(16)18-17(19)13-20-14-8-4-3-5-9-14/h3-11H,2,12-13H2,1H3. The van der Waals surface area contributed by atoms with Crippen LogP contribution in [0.25, 0.3) is 11.0 Å². The van der Waals surface area contributed by atoms with Crippen LogP contribution >= 0.6 is 11.8 Å². The van der Waals surface area contributed by atoms with Gasteiger partial charge in [0.2, 0.25) is 0 Å². The summed E-state index contributed by atoms with van der Waals surface area (Å²) in [7, 11) is 0. The van der Waals surface area contributed by atoms with E-state index in [2.05, 4.69) is 66.1 Å². The number of imidazole rings is 1. The maximum absolute atomic E-state index is 4.79. The number of benzene rings is 2. The minimum absolute atomic E-state index is 0.915. The number of hydrogen-bond donors (Lipinski definition) is 0. The third kappa shape index (κ3) is 2.73. The summed E-state index contributed by atoms with van der Waals surface area (Å²) in [4.78, 5) is 6.08. The largest absolute Gasteiger partial charge is 0.327 e. The Morgan fingerprint density at radius 1 is 1.00 bits per heavy atom. The molecule has 0 aliphatic rings. The summed E-state index contributed by atoms with van der Waals surface area (Å²) in [5.74, 6) is 2.08. The van der Waals surface area contributed by atoms with E-state index in [-0.39, 0.29) is 0 Å². The number of aromatic nitrogens is 2. The molecular weight excluding hydrogens is 264 g/mol. The summed E-state index contributed by atoms with van der Waals surface area (Å²) in [6.07, 6.45) is 1.13. The molecule has 2 aromatic carbocycles. The number of nitrogens with zero attached hydrogens (tertiary/aromatic N) is 2. The number of para-hydroxylation sites is 2. The Morgan fingerprint density at radius 3 is 2.55 bits per heavy atom. The number of aryl methyl sites for hydroxylation is 1. The van der Waals surface area contributed by atoms with Crippen molar-refractivity contribution < 1.29 is 0 Å². The van der Waals surface area contributed by atoms with E-state index in [0.29, 0.717) is 0 Å². The van der Waals surface area contributed by atoms with Crippen LogP contribution in [0.3, 0.4) is 0 Å². The Balaban J connectivity index is 1.88. The number of hydrogen-bond acceptors (Lipinski definition) is 2. The molecule has 0 bridgehead atoms. The fourth-order valence-electron chi connectivity index (χ4n) is 2.37. The quantitative estimate of drug-likeness (QED) is 0.629. The molecule has 3 rings (SSSR count). The zero-order valence-electron chi connectivity index (χ0n) is 11.6. The molecule has 0 radical (unpaired) electrons. The van der Waals surface area contributed by atoms with Crippen molar-refractivity contribution in [3.8, 4) is 0 Å². The molecule has 0 unspecified atom stereocenters. The van der Waals surface area contributed by atoms with Crippen LogP contribution in [-0.2, 0) is 12.3 Å². The average Bonchev–Trinajstić information content (AvgIpc) is 2.85. The Hall–Kier alpha value is -1.74. The summed E-state index contributed by atoms with van der Waals surface area (Å²) in [6, 6.07) is 18.9. The molecule has 3 aromatic rings. The molecule has 0 aliphatic heterocycles. The highest BCUT2D eigenvalue weighted by Gasteiger charge is 2.09. The highest BCUT2D eigenvalue weighted by molar-refractivity contribution is 7.98. The average molecular weight is 282 g/mol. The van der Waals surface area contributed by atoms with Gasteiger partial charge in [0.15, 0.2) is 0 Å². The lowest BCUT2D eigenvalue weighted by molar-refractivity contribution is 0.673. The first kappa shape index (κ1) is 13.3. The molecule has 102 valence electrons. The Kier molecular flexibility index (Phi) is 4.07. The van der Waals surface area contributed by atoms with E-state index in [0.717, 1.165) is 24.2 Å². The van der Waals surface area contributed by atoms with Crippen molar-refractivity contribution in [1.29, 1.82) is 0 Å². The molecule has 0 spiro atoms. The summed E-state index contributed by atoms with van der Waals surface area (Å²) >= 11 is 1.85. The van der Waals surface area contributed by atoms with Crippen LogP contribution in [0, 0.1) is 0 Å². The molecule has 1 heterocycles. The zero-order chi connectivity index (χ0) is 13.8. The monoisotopic (exact) mass is 282 g/mol. The molecule has 1 aromatic heterocycles. The fourth-order valence-corrected chi connectivity index (χ4v) is 3.24. The first-order valence-electron chi connectivity index (χ1n) is 7.00. The van der Waals surface area contributed by atoms with Crippen LogP contribution in [0.15, 0.2) is 59.5 Å². The predicted octanol–water partition coefficient (Wildman–Crippen LogP) is 4.74. The molecule has 0 aliphatic carbocycles. The molecule has 2 nitrogen and oxygen atoms in total. The second-order valence-electron chi connectivity index (χ2n) is 4.77. The lowest BCUT2D eigenvalue weighted by atomic mass is 10.3. The van der Waals surface area contributed by atoms with E-state index in [1.165, 1.54) is 16.2 Å². The normalized spacial score (nSPS) is 11.1. The van der Waals surface area contributed by atoms with Crippen molar-refractivity contribution in [3.63, 3.8) is 0 Å². The summed E-state index contributed by atoms with van der Waals surface area (Å²) < 4.78 is 2.35. The van der Waals surface area contributed by atoms with Gasteiger partial charge in [-0.2, -0.15) is 0 Å². The van der Waals surface area contributed by atoms with Crippen LogP contribution in [0.5, 0.6) is 0 Å². The second kappa shape index (κ2) is 6.14. The van der Waals surface area contributed by atoms with Crippen LogP contribution in [-0.4, -0.2) is 9.55 Å². The van der Waals surface area contributed by atoms with Gasteiger partial charge in [-0.05, 0) is 30.7 Å². The lowest BCUT2D eigenvalue weighted by Crippen LogP contribution is -2.02. The maximum Gasteiger partial charge on any atom is 0.120 e. The number of fused-ring (bicyclic) bond motifs is 1. The van der Waals surface area contributed by atoms with Gasteiger partial charge < -0.3 is 4.57 Å². The van der Waals surface area contributed by atoms with Crippen molar-refractivity contribution in [1.82, 2.24) is 9.55 Å². The number of thioether (sulfide) groups is 1. The molecular formula is C17H18N2S. The van der Waals surface area contributed by atoms with Crippen LogP contribution in [0.4, 0.5) is 0 Å². The minimum atomic E-state index is 0.915. The molecule has 20 heavy (non-hydrogen) atoms. The Bertz CT molecular complexity index is 689. The molecule has 3 heteroatoms. The van der Waals surface area contributed by atoms with E-state index in [1.807, 2.05) is 11.8 Å². The van der Waals surface area contributed by atoms with Crippen molar-refractivity contribution >= 4 is 22.8 Å². The smallest absolute Gasteiger partial charge is 0.120 e. The molecule has 0 saturated carbocycles. The number of rotatable bonds is 5. The minimum Gasteiger partial charge on any atom is -0.327 e. The maximum atomic E-state index is 4.79. The molecule has 0 atom stereocenters. The van der Waals surface area contributed by atoms with Gasteiger partial charge in [0.05, 0.1) is 16.8 Å². The lowest BCUT2D eigenvalue weighted by Gasteiger charge is -2.07. The highest BCUT2D eigenvalue weighted by atomic mass is 32.2.